The Bertz CT molecular complexity index is 715. The van der Waals surface area contributed by atoms with Crippen molar-refractivity contribution < 1.29 is 14.3 Å². The molecule has 0 spiro atoms. The number of rotatable bonds is 4. The Kier molecular flexibility index (Phi) is 4.94. The summed E-state index contributed by atoms with van der Waals surface area (Å²) in [4.78, 5) is 15.6. The molecule has 2 amide bonds. The van der Waals surface area contributed by atoms with E-state index in [1.165, 1.54) is 5.56 Å². The third kappa shape index (κ3) is 3.33. The standard InChI is InChI=1S/C18H22N2O3S/c1-12(17-5-4-8-24-17)19-18(21)20-7-6-13-9-15(22-2)16(23-3)10-14(13)11-20/h4-5,8-10,12H,6-7,11H2,1-3H3,(H,19,21)/t12-/m1/s1. The van der Waals surface area contributed by atoms with Gasteiger partial charge in [0, 0.05) is 18.0 Å². The van der Waals surface area contributed by atoms with Gasteiger partial charge in [-0.1, -0.05) is 6.07 Å². The van der Waals surface area contributed by atoms with Gasteiger partial charge >= 0.3 is 6.03 Å². The van der Waals surface area contributed by atoms with Gasteiger partial charge < -0.3 is 19.7 Å². The second kappa shape index (κ2) is 7.13. The molecule has 0 unspecified atom stereocenters. The molecule has 3 rings (SSSR count). The minimum absolute atomic E-state index is 0.0179. The lowest BCUT2D eigenvalue weighted by molar-refractivity contribution is 0.189. The Hall–Kier alpha value is -2.21. The summed E-state index contributed by atoms with van der Waals surface area (Å²) in [7, 11) is 3.26. The fraction of sp³-hybridized carbons (Fsp3) is 0.389. The molecule has 1 aliphatic heterocycles. The third-order valence-corrected chi connectivity index (χ3v) is 5.37. The van der Waals surface area contributed by atoms with Crippen LogP contribution >= 0.6 is 11.3 Å². The quantitative estimate of drug-likeness (QED) is 0.920. The number of urea groups is 1. The Morgan fingerprint density at radius 3 is 2.58 bits per heavy atom. The average Bonchev–Trinajstić information content (AvgIpc) is 3.14. The minimum Gasteiger partial charge on any atom is -0.493 e. The maximum atomic E-state index is 12.6. The summed E-state index contributed by atoms with van der Waals surface area (Å²) in [5, 5.41) is 5.10. The molecule has 2 aromatic rings. The molecule has 0 radical (unpaired) electrons. The molecule has 0 saturated heterocycles. The molecule has 6 heteroatoms. The SMILES string of the molecule is COc1cc2c(cc1OC)CN(C(=O)N[C@H](C)c1cccs1)CC2. The topological polar surface area (TPSA) is 50.8 Å². The Labute approximate surface area is 146 Å². The van der Waals surface area contributed by atoms with Gasteiger partial charge in [-0.2, -0.15) is 0 Å². The third-order valence-electron chi connectivity index (χ3n) is 4.32. The maximum Gasteiger partial charge on any atom is 0.318 e. The molecule has 0 fully saturated rings. The van der Waals surface area contributed by atoms with E-state index >= 15 is 0 Å². The Balaban J connectivity index is 1.71. The molecule has 24 heavy (non-hydrogen) atoms. The van der Waals surface area contributed by atoms with Crippen molar-refractivity contribution in [1.82, 2.24) is 10.2 Å². The first-order valence-corrected chi connectivity index (χ1v) is 8.83. The number of carbonyl (C=O) groups is 1. The van der Waals surface area contributed by atoms with E-state index in [0.29, 0.717) is 18.8 Å². The van der Waals surface area contributed by atoms with E-state index in [-0.39, 0.29) is 12.1 Å². The second-order valence-corrected chi connectivity index (χ2v) is 6.81. The molecule has 1 atom stereocenters. The van der Waals surface area contributed by atoms with Crippen LogP contribution in [-0.2, 0) is 13.0 Å². The highest BCUT2D eigenvalue weighted by molar-refractivity contribution is 7.10. The predicted molar refractivity (Wildman–Crippen MR) is 94.9 cm³/mol. The van der Waals surface area contributed by atoms with Crippen LogP contribution in [0.3, 0.4) is 0 Å². The summed E-state index contributed by atoms with van der Waals surface area (Å²) < 4.78 is 10.7. The number of hydrogen-bond donors (Lipinski definition) is 1. The molecular formula is C18H22N2O3S. The van der Waals surface area contributed by atoms with Crippen molar-refractivity contribution in [2.75, 3.05) is 20.8 Å². The first-order valence-electron chi connectivity index (χ1n) is 7.95. The highest BCUT2D eigenvalue weighted by atomic mass is 32.1. The van der Waals surface area contributed by atoms with Crippen LogP contribution in [0.4, 0.5) is 4.79 Å². The zero-order chi connectivity index (χ0) is 17.1. The normalized spacial score (nSPS) is 14.7. The Morgan fingerprint density at radius 2 is 1.96 bits per heavy atom. The molecule has 128 valence electrons. The largest absolute Gasteiger partial charge is 0.493 e. The highest BCUT2D eigenvalue weighted by Crippen LogP contribution is 2.33. The van der Waals surface area contributed by atoms with Crippen LogP contribution in [0.25, 0.3) is 0 Å². The fourth-order valence-corrected chi connectivity index (χ4v) is 3.68. The lowest BCUT2D eigenvalue weighted by Gasteiger charge is -2.30. The van der Waals surface area contributed by atoms with E-state index in [1.807, 2.05) is 41.5 Å². The summed E-state index contributed by atoms with van der Waals surface area (Å²) in [6, 6.07) is 8.01. The van der Waals surface area contributed by atoms with Crippen LogP contribution < -0.4 is 14.8 Å². The van der Waals surface area contributed by atoms with Gasteiger partial charge in [-0.15, -0.1) is 11.3 Å². The smallest absolute Gasteiger partial charge is 0.318 e. The van der Waals surface area contributed by atoms with Crippen LogP contribution in [0.2, 0.25) is 0 Å². The average molecular weight is 346 g/mol. The van der Waals surface area contributed by atoms with Crippen molar-refractivity contribution in [2.24, 2.45) is 0 Å². The van der Waals surface area contributed by atoms with E-state index in [0.717, 1.165) is 22.6 Å². The number of amides is 2. The van der Waals surface area contributed by atoms with Gasteiger partial charge in [-0.3, -0.25) is 0 Å². The zero-order valence-electron chi connectivity index (χ0n) is 14.2. The molecule has 2 heterocycles. The molecule has 0 bridgehead atoms. The summed E-state index contributed by atoms with van der Waals surface area (Å²) in [5.74, 6) is 1.44. The zero-order valence-corrected chi connectivity index (χ0v) is 15.0. The molecule has 1 aliphatic rings. The van der Waals surface area contributed by atoms with Crippen molar-refractivity contribution >= 4 is 17.4 Å². The maximum absolute atomic E-state index is 12.6. The monoisotopic (exact) mass is 346 g/mol. The van der Waals surface area contributed by atoms with Crippen LogP contribution in [0.15, 0.2) is 29.6 Å². The van der Waals surface area contributed by atoms with Crippen LogP contribution in [0.1, 0.15) is 29.0 Å². The van der Waals surface area contributed by atoms with Gasteiger partial charge in [-0.05, 0) is 48.1 Å². The fourth-order valence-electron chi connectivity index (χ4n) is 2.94. The first-order chi connectivity index (χ1) is 11.6. The van der Waals surface area contributed by atoms with E-state index in [4.69, 9.17) is 9.47 Å². The van der Waals surface area contributed by atoms with Gasteiger partial charge in [-0.25, -0.2) is 4.79 Å². The van der Waals surface area contributed by atoms with Gasteiger partial charge in [0.2, 0.25) is 0 Å². The number of ether oxygens (including phenoxy) is 2. The van der Waals surface area contributed by atoms with Crippen molar-refractivity contribution in [1.29, 1.82) is 0 Å². The summed E-state index contributed by atoms with van der Waals surface area (Å²) >= 11 is 1.65. The number of nitrogens with one attached hydrogen (secondary N) is 1. The number of hydrogen-bond acceptors (Lipinski definition) is 4. The summed E-state index contributed by atoms with van der Waals surface area (Å²) in [6.45, 7) is 3.29. The number of methoxy groups -OCH3 is 2. The van der Waals surface area contributed by atoms with E-state index < -0.39 is 0 Å². The lowest BCUT2D eigenvalue weighted by atomic mass is 9.99. The van der Waals surface area contributed by atoms with E-state index in [9.17, 15) is 4.79 Å². The number of benzene rings is 1. The van der Waals surface area contributed by atoms with Crippen LogP contribution in [0, 0.1) is 0 Å². The summed E-state index contributed by atoms with van der Waals surface area (Å²) in [5.41, 5.74) is 2.32. The first kappa shape index (κ1) is 16.6. The molecule has 0 saturated carbocycles. The van der Waals surface area contributed by atoms with Crippen LogP contribution in [0.5, 0.6) is 11.5 Å². The van der Waals surface area contributed by atoms with Crippen molar-refractivity contribution in [2.45, 2.75) is 25.9 Å². The van der Waals surface area contributed by atoms with Crippen LogP contribution in [-0.4, -0.2) is 31.7 Å². The predicted octanol–water partition coefficient (Wildman–Crippen LogP) is 3.59. The highest BCUT2D eigenvalue weighted by Gasteiger charge is 2.24. The Morgan fingerprint density at radius 1 is 1.25 bits per heavy atom. The molecular weight excluding hydrogens is 324 g/mol. The molecule has 1 aromatic carbocycles. The van der Waals surface area contributed by atoms with E-state index in [1.54, 1.807) is 25.6 Å². The number of nitrogens with zero attached hydrogens (tertiary/aromatic N) is 1. The van der Waals surface area contributed by atoms with Crippen molar-refractivity contribution in [3.63, 3.8) is 0 Å². The van der Waals surface area contributed by atoms with Crippen molar-refractivity contribution in [3.8, 4) is 11.5 Å². The molecule has 5 nitrogen and oxygen atoms in total. The lowest BCUT2D eigenvalue weighted by Crippen LogP contribution is -2.43. The van der Waals surface area contributed by atoms with Gasteiger partial charge in [0.15, 0.2) is 11.5 Å². The molecule has 1 N–H and O–H groups in total. The van der Waals surface area contributed by atoms with Gasteiger partial charge in [0.25, 0.3) is 0 Å². The van der Waals surface area contributed by atoms with E-state index in [2.05, 4.69) is 5.32 Å². The molecule has 0 aliphatic carbocycles. The van der Waals surface area contributed by atoms with Gasteiger partial charge in [0.1, 0.15) is 0 Å². The number of fused-ring (bicyclic) bond motifs is 1. The number of carbonyl (C=O) groups excluding carboxylic acids is 1. The minimum atomic E-state index is -0.0312. The summed E-state index contributed by atoms with van der Waals surface area (Å²) in [6.07, 6.45) is 0.816. The molecule has 1 aromatic heterocycles. The number of thiophene rings is 1. The van der Waals surface area contributed by atoms with Gasteiger partial charge in [0.05, 0.1) is 20.3 Å². The van der Waals surface area contributed by atoms with Crippen molar-refractivity contribution in [3.05, 3.63) is 45.6 Å². The second-order valence-electron chi connectivity index (χ2n) is 5.83.